The van der Waals surface area contributed by atoms with Gasteiger partial charge in [0, 0.05) is 64.1 Å². The van der Waals surface area contributed by atoms with Gasteiger partial charge >= 0.3 is 0 Å². The van der Waals surface area contributed by atoms with Crippen LogP contribution < -0.4 is 0 Å². The van der Waals surface area contributed by atoms with E-state index in [0.29, 0.717) is 17.5 Å². The molecule has 294 valence electrons. The van der Waals surface area contributed by atoms with E-state index in [1.807, 2.05) is 84.1 Å². The third-order valence-corrected chi connectivity index (χ3v) is 13.4. The second-order valence-corrected chi connectivity index (χ2v) is 17.1. The molecule has 0 aliphatic carbocycles. The molecule has 0 fully saturated rings. The maximum Gasteiger partial charge on any atom is 0.164 e. The molecule has 5 nitrogen and oxygen atoms in total. The van der Waals surface area contributed by atoms with Gasteiger partial charge in [-0.25, -0.2) is 15.0 Å². The van der Waals surface area contributed by atoms with E-state index in [0.717, 1.165) is 61.0 Å². The summed E-state index contributed by atoms with van der Waals surface area (Å²) in [5.74, 6) is 1.84. The molecule has 4 heterocycles. The van der Waals surface area contributed by atoms with Crippen LogP contribution in [0.4, 0.5) is 0 Å². The zero-order valence-corrected chi connectivity index (χ0v) is 34.6. The summed E-state index contributed by atoms with van der Waals surface area (Å²) in [7, 11) is 0. The molecular weight excluding hydrogens is 789 g/mol. The lowest BCUT2D eigenvalue weighted by Gasteiger charge is -2.10. The Morgan fingerprint density at radius 1 is 0.349 bits per heavy atom. The second kappa shape index (κ2) is 14.2. The summed E-state index contributed by atoms with van der Waals surface area (Å²) in [6, 6.07) is 72.8. The number of thiophene rings is 1. The van der Waals surface area contributed by atoms with E-state index in [4.69, 9.17) is 19.4 Å². The minimum Gasteiger partial charge on any atom is -0.456 e. The fraction of sp³-hybridized carbons (Fsp3) is 0. The van der Waals surface area contributed by atoms with Crippen LogP contribution in [0.1, 0.15) is 0 Å². The van der Waals surface area contributed by atoms with E-state index in [-0.39, 0.29) is 0 Å². The molecule has 9 aromatic carbocycles. The standard InChI is InChI=1S/C57H34N4OS/c1-4-13-35(14-5-1)55-58-56(36-15-6-2-7-16-36)60-57(59-55)45-20-12-21-51-54(45)47-32-38(26-30-50(47)62-51)37-25-29-48-46(31-37)42-27-23-39(33-49(42)61(48)41-17-8-3-9-18-41)40-24-28-44-43-19-10-11-22-52(43)63-53(44)34-40/h1-34H. The van der Waals surface area contributed by atoms with E-state index in [2.05, 4.69) is 138 Å². The summed E-state index contributed by atoms with van der Waals surface area (Å²) in [6.07, 6.45) is 0. The van der Waals surface area contributed by atoms with Crippen molar-refractivity contribution in [3.05, 3.63) is 206 Å². The van der Waals surface area contributed by atoms with Gasteiger partial charge in [-0.1, -0.05) is 146 Å². The molecule has 0 N–H and O–H groups in total. The first kappa shape index (κ1) is 35.6. The highest BCUT2D eigenvalue weighted by Gasteiger charge is 2.20. The van der Waals surface area contributed by atoms with Gasteiger partial charge < -0.3 is 8.98 Å². The van der Waals surface area contributed by atoms with E-state index >= 15 is 0 Å². The minimum absolute atomic E-state index is 0.597. The minimum atomic E-state index is 0.597. The maximum absolute atomic E-state index is 6.53. The van der Waals surface area contributed by atoms with E-state index < -0.39 is 0 Å². The molecular formula is C57H34N4OS. The van der Waals surface area contributed by atoms with Crippen LogP contribution in [0.25, 0.3) is 126 Å². The molecule has 0 saturated carbocycles. The molecule has 0 aliphatic rings. The Hall–Kier alpha value is -8.19. The van der Waals surface area contributed by atoms with Crippen LogP contribution in [0.5, 0.6) is 0 Å². The Labute approximate surface area is 365 Å². The Balaban J connectivity index is 0.963. The maximum atomic E-state index is 6.53. The summed E-state index contributed by atoms with van der Waals surface area (Å²) < 4.78 is 11.6. The Morgan fingerprint density at radius 3 is 1.70 bits per heavy atom. The van der Waals surface area contributed by atoms with Crippen molar-refractivity contribution in [3.8, 4) is 62.1 Å². The van der Waals surface area contributed by atoms with Crippen molar-refractivity contribution in [2.45, 2.75) is 0 Å². The van der Waals surface area contributed by atoms with Crippen LogP contribution in [0, 0.1) is 0 Å². The van der Waals surface area contributed by atoms with E-state index in [1.54, 1.807) is 0 Å². The summed E-state index contributed by atoms with van der Waals surface area (Å²) in [4.78, 5) is 15.1. The number of fused-ring (bicyclic) bond motifs is 9. The van der Waals surface area contributed by atoms with Crippen LogP contribution in [0.2, 0.25) is 0 Å². The summed E-state index contributed by atoms with van der Waals surface area (Å²) in [6.45, 7) is 0. The third kappa shape index (κ3) is 5.87. The van der Waals surface area contributed by atoms with E-state index in [9.17, 15) is 0 Å². The molecule has 6 heteroatoms. The van der Waals surface area contributed by atoms with Gasteiger partial charge in [0.1, 0.15) is 11.2 Å². The first-order chi connectivity index (χ1) is 31.2. The molecule has 0 bridgehead atoms. The Bertz CT molecular complexity index is 3850. The van der Waals surface area contributed by atoms with Crippen molar-refractivity contribution < 1.29 is 4.42 Å². The summed E-state index contributed by atoms with van der Waals surface area (Å²) >= 11 is 1.86. The molecule has 13 rings (SSSR count). The van der Waals surface area contributed by atoms with Crippen LogP contribution in [0.15, 0.2) is 211 Å². The third-order valence-electron chi connectivity index (χ3n) is 12.3. The summed E-state index contributed by atoms with van der Waals surface area (Å²) in [5.41, 5.74) is 12.4. The lowest BCUT2D eigenvalue weighted by Crippen LogP contribution is -2.00. The molecule has 13 aromatic rings. The molecule has 0 aliphatic heterocycles. The predicted octanol–water partition coefficient (Wildman–Crippen LogP) is 15.6. The quantitative estimate of drug-likeness (QED) is 0.168. The topological polar surface area (TPSA) is 56.7 Å². The fourth-order valence-corrected chi connectivity index (χ4v) is 10.4. The van der Waals surface area contributed by atoms with Crippen molar-refractivity contribution >= 4 is 75.3 Å². The number of hydrogen-bond acceptors (Lipinski definition) is 5. The molecule has 0 spiro atoms. The van der Waals surface area contributed by atoms with Gasteiger partial charge in [-0.15, -0.1) is 11.3 Å². The van der Waals surface area contributed by atoms with Crippen LogP contribution in [-0.4, -0.2) is 19.5 Å². The Kier molecular flexibility index (Phi) is 8.01. The van der Waals surface area contributed by atoms with Gasteiger partial charge in [0.15, 0.2) is 17.5 Å². The highest BCUT2D eigenvalue weighted by Crippen LogP contribution is 2.42. The monoisotopic (exact) mass is 822 g/mol. The molecule has 0 atom stereocenters. The van der Waals surface area contributed by atoms with Crippen LogP contribution in [-0.2, 0) is 0 Å². The molecule has 0 amide bonds. The van der Waals surface area contributed by atoms with Gasteiger partial charge in [-0.3, -0.25) is 0 Å². The van der Waals surface area contributed by atoms with Crippen LogP contribution in [0.3, 0.4) is 0 Å². The highest BCUT2D eigenvalue weighted by atomic mass is 32.1. The molecule has 0 unspecified atom stereocenters. The second-order valence-electron chi connectivity index (χ2n) is 16.0. The average molecular weight is 823 g/mol. The smallest absolute Gasteiger partial charge is 0.164 e. The Morgan fingerprint density at radius 2 is 0.937 bits per heavy atom. The van der Waals surface area contributed by atoms with Gasteiger partial charge in [-0.05, 0) is 82.9 Å². The van der Waals surface area contributed by atoms with Gasteiger partial charge in [0.25, 0.3) is 0 Å². The molecule has 63 heavy (non-hydrogen) atoms. The first-order valence-electron chi connectivity index (χ1n) is 21.1. The van der Waals surface area contributed by atoms with Crippen LogP contribution >= 0.6 is 11.3 Å². The van der Waals surface area contributed by atoms with Crippen molar-refractivity contribution in [3.63, 3.8) is 0 Å². The van der Waals surface area contributed by atoms with E-state index in [1.165, 1.54) is 47.6 Å². The number of hydrogen-bond donors (Lipinski definition) is 0. The summed E-state index contributed by atoms with van der Waals surface area (Å²) in [5, 5.41) is 7.01. The van der Waals surface area contributed by atoms with Crippen molar-refractivity contribution in [2.75, 3.05) is 0 Å². The number of furan rings is 1. The van der Waals surface area contributed by atoms with Gasteiger partial charge in [-0.2, -0.15) is 0 Å². The molecule has 4 aromatic heterocycles. The lowest BCUT2D eigenvalue weighted by molar-refractivity contribution is 0.669. The number of benzene rings is 9. The normalized spacial score (nSPS) is 11.8. The van der Waals surface area contributed by atoms with Crippen molar-refractivity contribution in [2.24, 2.45) is 0 Å². The average Bonchev–Trinajstić information content (AvgIpc) is 4.03. The SMILES string of the molecule is c1ccc(-c2nc(-c3ccccc3)nc(-c3cccc4oc5ccc(-c6ccc7c(c6)c6ccc(-c8ccc9c(c8)sc8ccccc89)cc6n7-c6ccccc6)cc5c34)n2)cc1. The first-order valence-corrected chi connectivity index (χ1v) is 21.9. The highest BCUT2D eigenvalue weighted by molar-refractivity contribution is 7.25. The number of nitrogens with zero attached hydrogens (tertiary/aromatic N) is 4. The molecule has 0 saturated heterocycles. The molecule has 0 radical (unpaired) electrons. The number of rotatable bonds is 6. The largest absolute Gasteiger partial charge is 0.456 e. The van der Waals surface area contributed by atoms with Gasteiger partial charge in [0.2, 0.25) is 0 Å². The number of para-hydroxylation sites is 1. The predicted molar refractivity (Wildman–Crippen MR) is 262 cm³/mol. The zero-order chi connectivity index (χ0) is 41.4. The zero-order valence-electron chi connectivity index (χ0n) is 33.7. The van der Waals surface area contributed by atoms with Crippen molar-refractivity contribution in [1.82, 2.24) is 19.5 Å². The number of aromatic nitrogens is 4. The van der Waals surface area contributed by atoms with Gasteiger partial charge in [0.05, 0.1) is 11.0 Å². The fourth-order valence-electron chi connectivity index (χ4n) is 9.26. The van der Waals surface area contributed by atoms with Crippen molar-refractivity contribution in [1.29, 1.82) is 0 Å². The lowest BCUT2D eigenvalue weighted by atomic mass is 9.98.